The number of aromatic nitrogens is 2. The van der Waals surface area contributed by atoms with Crippen molar-refractivity contribution in [3.8, 4) is 0 Å². The number of aromatic amines is 1. The van der Waals surface area contributed by atoms with Crippen molar-refractivity contribution in [1.82, 2.24) is 9.97 Å². The summed E-state index contributed by atoms with van der Waals surface area (Å²) in [5, 5.41) is 0. The zero-order chi connectivity index (χ0) is 8.55. The molecule has 0 radical (unpaired) electrons. The summed E-state index contributed by atoms with van der Waals surface area (Å²) in [5.41, 5.74) is 2.10. The summed E-state index contributed by atoms with van der Waals surface area (Å²) >= 11 is 0. The Hall–Kier alpha value is -1.58. The third-order valence-corrected chi connectivity index (χ3v) is 1.74. The molecule has 0 saturated carbocycles. The molecule has 0 bridgehead atoms. The lowest BCUT2D eigenvalue weighted by Gasteiger charge is -1.91. The molecule has 1 N–H and O–H groups in total. The van der Waals surface area contributed by atoms with E-state index in [1.165, 1.54) is 0 Å². The number of pyridine rings is 1. The second-order valence-electron chi connectivity index (χ2n) is 2.56. The molecule has 2 heterocycles. The average Bonchev–Trinajstić information content (AvgIpc) is 2.43. The largest absolute Gasteiger partial charge is 0.418 e. The Labute approximate surface area is 68.2 Å². The second kappa shape index (κ2) is 2.48. The van der Waals surface area contributed by atoms with E-state index in [1.807, 2.05) is 13.0 Å². The zero-order valence-electron chi connectivity index (χ0n) is 6.63. The molecule has 4 heteroatoms. The highest BCUT2D eigenvalue weighted by atomic mass is 16.4. The number of H-pyrrole nitrogens is 1. The molecule has 0 saturated heterocycles. The Morgan fingerprint density at radius 3 is 3.25 bits per heavy atom. The number of aryl methyl sites for hydroxylation is 1. The van der Waals surface area contributed by atoms with Crippen molar-refractivity contribution >= 4 is 11.2 Å². The van der Waals surface area contributed by atoms with Crippen LogP contribution in [0.5, 0.6) is 0 Å². The van der Waals surface area contributed by atoms with Crippen molar-refractivity contribution < 1.29 is 4.42 Å². The van der Waals surface area contributed by atoms with Crippen LogP contribution in [0.15, 0.2) is 21.5 Å². The first-order valence-electron chi connectivity index (χ1n) is 3.77. The molecule has 2 aromatic heterocycles. The fourth-order valence-corrected chi connectivity index (χ4v) is 1.07. The summed E-state index contributed by atoms with van der Waals surface area (Å²) in [5.74, 6) is -0.453. The minimum atomic E-state index is -0.453. The van der Waals surface area contributed by atoms with Gasteiger partial charge in [0.1, 0.15) is 0 Å². The molecule has 0 amide bonds. The van der Waals surface area contributed by atoms with Crippen molar-refractivity contribution in [3.63, 3.8) is 0 Å². The number of rotatable bonds is 1. The first-order chi connectivity index (χ1) is 5.79. The molecule has 0 aliphatic rings. The van der Waals surface area contributed by atoms with Crippen LogP contribution in [-0.2, 0) is 6.42 Å². The number of oxazole rings is 1. The maximum Gasteiger partial charge on any atom is 0.418 e. The Morgan fingerprint density at radius 1 is 1.67 bits per heavy atom. The van der Waals surface area contributed by atoms with Crippen molar-refractivity contribution in [1.29, 1.82) is 0 Å². The number of fused-ring (bicyclic) bond motifs is 1. The molecule has 2 rings (SSSR count). The highest BCUT2D eigenvalue weighted by molar-refractivity contribution is 5.67. The molecule has 0 aliphatic heterocycles. The molecule has 0 fully saturated rings. The summed E-state index contributed by atoms with van der Waals surface area (Å²) in [6.45, 7) is 2.02. The van der Waals surface area contributed by atoms with Crippen LogP contribution in [0.4, 0.5) is 0 Å². The Kier molecular flexibility index (Phi) is 1.46. The van der Waals surface area contributed by atoms with Crippen molar-refractivity contribution in [2.24, 2.45) is 0 Å². The molecular weight excluding hydrogens is 156 g/mol. The fraction of sp³-hybridized carbons (Fsp3) is 0.250. The summed E-state index contributed by atoms with van der Waals surface area (Å²) < 4.78 is 4.84. The number of nitrogens with zero attached hydrogens (tertiary/aromatic N) is 1. The van der Waals surface area contributed by atoms with Crippen molar-refractivity contribution in [3.05, 3.63) is 28.4 Å². The second-order valence-corrected chi connectivity index (χ2v) is 2.56. The van der Waals surface area contributed by atoms with E-state index >= 15 is 0 Å². The summed E-state index contributed by atoms with van der Waals surface area (Å²) in [6, 6.07) is 1.82. The lowest BCUT2D eigenvalue weighted by atomic mass is 10.2. The highest BCUT2D eigenvalue weighted by Crippen LogP contribution is 2.08. The SMILES string of the molecule is CCc1cnc2[nH]c(=O)oc2c1. The van der Waals surface area contributed by atoms with E-state index in [-0.39, 0.29) is 0 Å². The van der Waals surface area contributed by atoms with Crippen LogP contribution in [0, 0.1) is 0 Å². The van der Waals surface area contributed by atoms with Crippen LogP contribution in [0.1, 0.15) is 12.5 Å². The number of hydrogen-bond donors (Lipinski definition) is 1. The van der Waals surface area contributed by atoms with Crippen LogP contribution in [0.2, 0.25) is 0 Å². The molecule has 0 unspecified atom stereocenters. The normalized spacial score (nSPS) is 10.8. The van der Waals surface area contributed by atoms with E-state index in [0.717, 1.165) is 12.0 Å². The first-order valence-corrected chi connectivity index (χ1v) is 3.77. The minimum Gasteiger partial charge on any atom is -0.406 e. The van der Waals surface area contributed by atoms with Gasteiger partial charge in [0.2, 0.25) is 0 Å². The minimum absolute atomic E-state index is 0.453. The van der Waals surface area contributed by atoms with Crippen LogP contribution in [0.3, 0.4) is 0 Å². The molecule has 62 valence electrons. The van der Waals surface area contributed by atoms with Crippen LogP contribution in [0.25, 0.3) is 11.2 Å². The molecular formula is C8H8N2O2. The van der Waals surface area contributed by atoms with Gasteiger partial charge in [-0.3, -0.25) is 4.98 Å². The molecule has 12 heavy (non-hydrogen) atoms. The maximum atomic E-state index is 10.7. The van der Waals surface area contributed by atoms with Crippen molar-refractivity contribution in [2.75, 3.05) is 0 Å². The third-order valence-electron chi connectivity index (χ3n) is 1.74. The molecule has 2 aromatic rings. The van der Waals surface area contributed by atoms with Gasteiger partial charge >= 0.3 is 5.76 Å². The van der Waals surface area contributed by atoms with Gasteiger partial charge in [-0.05, 0) is 18.1 Å². The third kappa shape index (κ3) is 1.01. The maximum absolute atomic E-state index is 10.7. The van der Waals surface area contributed by atoms with Gasteiger partial charge in [-0.25, -0.2) is 9.78 Å². The van der Waals surface area contributed by atoms with Gasteiger partial charge < -0.3 is 4.42 Å². The topological polar surface area (TPSA) is 58.9 Å². The Bertz CT molecular complexity index is 455. The Morgan fingerprint density at radius 2 is 2.50 bits per heavy atom. The predicted molar refractivity (Wildman–Crippen MR) is 44.0 cm³/mol. The van der Waals surface area contributed by atoms with Gasteiger partial charge in [0.15, 0.2) is 11.2 Å². The van der Waals surface area contributed by atoms with Gasteiger partial charge in [0.05, 0.1) is 0 Å². The van der Waals surface area contributed by atoms with E-state index in [1.54, 1.807) is 6.20 Å². The average molecular weight is 164 g/mol. The van der Waals surface area contributed by atoms with E-state index in [9.17, 15) is 4.79 Å². The predicted octanol–water partition coefficient (Wildman–Crippen LogP) is 1.08. The smallest absolute Gasteiger partial charge is 0.406 e. The highest BCUT2D eigenvalue weighted by Gasteiger charge is 2.01. The summed E-state index contributed by atoms with van der Waals surface area (Å²) in [4.78, 5) is 17.2. The van der Waals surface area contributed by atoms with Crippen LogP contribution in [-0.4, -0.2) is 9.97 Å². The lowest BCUT2D eigenvalue weighted by Crippen LogP contribution is -1.93. The molecule has 0 aromatic carbocycles. The number of hydrogen-bond acceptors (Lipinski definition) is 3. The standard InChI is InChI=1S/C8H8N2O2/c1-2-5-3-6-7(9-4-5)10-8(11)12-6/h3-4H,2H2,1H3,(H,9,10,11). The van der Waals surface area contributed by atoms with E-state index < -0.39 is 5.76 Å². The molecule has 0 spiro atoms. The van der Waals surface area contributed by atoms with Crippen molar-refractivity contribution in [2.45, 2.75) is 13.3 Å². The van der Waals surface area contributed by atoms with E-state index in [4.69, 9.17) is 4.42 Å². The zero-order valence-corrected chi connectivity index (χ0v) is 6.63. The van der Waals surface area contributed by atoms with Gasteiger partial charge in [-0.15, -0.1) is 0 Å². The number of nitrogens with one attached hydrogen (secondary N) is 1. The van der Waals surface area contributed by atoms with E-state index in [2.05, 4.69) is 9.97 Å². The summed E-state index contributed by atoms with van der Waals surface area (Å²) in [7, 11) is 0. The van der Waals surface area contributed by atoms with Crippen LogP contribution >= 0.6 is 0 Å². The van der Waals surface area contributed by atoms with Gasteiger partial charge in [0.25, 0.3) is 0 Å². The van der Waals surface area contributed by atoms with Gasteiger partial charge in [-0.1, -0.05) is 6.92 Å². The molecule has 4 nitrogen and oxygen atoms in total. The lowest BCUT2D eigenvalue weighted by molar-refractivity contribution is 0.555. The Balaban J connectivity index is 2.74. The first kappa shape index (κ1) is 7.09. The molecule has 0 atom stereocenters. The summed E-state index contributed by atoms with van der Waals surface area (Å²) in [6.07, 6.45) is 2.62. The fourth-order valence-electron chi connectivity index (χ4n) is 1.07. The molecule has 0 aliphatic carbocycles. The quantitative estimate of drug-likeness (QED) is 0.686. The van der Waals surface area contributed by atoms with Crippen LogP contribution < -0.4 is 5.76 Å². The van der Waals surface area contributed by atoms with Gasteiger partial charge in [0, 0.05) is 6.20 Å². The van der Waals surface area contributed by atoms with E-state index in [0.29, 0.717) is 11.2 Å². The monoisotopic (exact) mass is 164 g/mol. The van der Waals surface area contributed by atoms with Gasteiger partial charge in [-0.2, -0.15) is 0 Å².